The van der Waals surface area contributed by atoms with Gasteiger partial charge in [0.2, 0.25) is 5.69 Å². The van der Waals surface area contributed by atoms with Gasteiger partial charge in [-0.15, -0.1) is 0 Å². The van der Waals surface area contributed by atoms with Crippen molar-refractivity contribution in [2.75, 3.05) is 6.67 Å². The molecule has 0 aliphatic rings. The number of rotatable bonds is 3. The first-order valence-corrected chi connectivity index (χ1v) is 3.18. The fourth-order valence-electron chi connectivity index (χ4n) is 0.766. The lowest BCUT2D eigenvalue weighted by Gasteiger charge is -1.89. The molecule has 0 aliphatic carbocycles. The number of nitrogens with one attached hydrogen (secondary N) is 1. The van der Waals surface area contributed by atoms with E-state index in [2.05, 4.69) is 10.2 Å². The van der Waals surface area contributed by atoms with E-state index < -0.39 is 24.2 Å². The summed E-state index contributed by atoms with van der Waals surface area (Å²) in [6, 6.07) is 0. The van der Waals surface area contributed by atoms with E-state index in [0.717, 1.165) is 0 Å². The SMILES string of the molecule is O=C(O)c1n[nH]c(CCF)c1F. The van der Waals surface area contributed by atoms with Crippen LogP contribution in [-0.2, 0) is 6.42 Å². The van der Waals surface area contributed by atoms with Gasteiger partial charge in [-0.25, -0.2) is 9.18 Å². The number of carboxylic acids is 1. The van der Waals surface area contributed by atoms with Gasteiger partial charge in [-0.05, 0) is 0 Å². The second-order valence-corrected chi connectivity index (χ2v) is 2.11. The van der Waals surface area contributed by atoms with Crippen LogP contribution in [0.2, 0.25) is 0 Å². The Balaban J connectivity index is 2.96. The van der Waals surface area contributed by atoms with Crippen molar-refractivity contribution in [2.24, 2.45) is 0 Å². The maximum atomic E-state index is 12.8. The number of hydrogen-bond donors (Lipinski definition) is 2. The summed E-state index contributed by atoms with van der Waals surface area (Å²) in [5, 5.41) is 13.6. The summed E-state index contributed by atoms with van der Waals surface area (Å²) < 4.78 is 24.5. The summed E-state index contributed by atoms with van der Waals surface area (Å²) in [5.74, 6) is -2.45. The van der Waals surface area contributed by atoms with E-state index in [9.17, 15) is 13.6 Å². The second-order valence-electron chi connectivity index (χ2n) is 2.11. The smallest absolute Gasteiger partial charge is 0.359 e. The number of halogens is 2. The normalized spacial score (nSPS) is 10.2. The van der Waals surface area contributed by atoms with Crippen molar-refractivity contribution in [1.29, 1.82) is 0 Å². The minimum atomic E-state index is -1.46. The minimum Gasteiger partial charge on any atom is -0.476 e. The quantitative estimate of drug-likeness (QED) is 0.714. The number of H-pyrrole nitrogens is 1. The van der Waals surface area contributed by atoms with Crippen LogP contribution in [0.25, 0.3) is 0 Å². The average Bonchev–Trinajstić information content (AvgIpc) is 2.34. The monoisotopic (exact) mass is 176 g/mol. The Kier molecular flexibility index (Phi) is 2.37. The summed E-state index contributed by atoms with van der Waals surface area (Å²) in [4.78, 5) is 10.2. The molecule has 1 aromatic rings. The first-order valence-electron chi connectivity index (χ1n) is 3.18. The molecule has 0 bridgehead atoms. The third-order valence-electron chi connectivity index (χ3n) is 1.32. The van der Waals surface area contributed by atoms with Gasteiger partial charge in [-0.3, -0.25) is 9.49 Å². The molecule has 12 heavy (non-hydrogen) atoms. The molecule has 1 heterocycles. The van der Waals surface area contributed by atoms with Gasteiger partial charge in [-0.1, -0.05) is 0 Å². The highest BCUT2D eigenvalue weighted by Crippen LogP contribution is 2.09. The summed E-state index contributed by atoms with van der Waals surface area (Å²) in [5.41, 5.74) is -0.812. The van der Waals surface area contributed by atoms with E-state index in [-0.39, 0.29) is 12.1 Å². The van der Waals surface area contributed by atoms with Crippen LogP contribution in [-0.4, -0.2) is 27.9 Å². The third-order valence-corrected chi connectivity index (χ3v) is 1.32. The standard InChI is InChI=1S/C6H6F2N2O2/c7-2-1-3-4(8)5(6(11)12)10-9-3/h1-2H2,(H,9,10)(H,11,12). The van der Waals surface area contributed by atoms with Crippen molar-refractivity contribution in [3.8, 4) is 0 Å². The number of aromatic carboxylic acids is 1. The third kappa shape index (κ3) is 1.41. The van der Waals surface area contributed by atoms with Gasteiger partial charge in [0, 0.05) is 6.42 Å². The van der Waals surface area contributed by atoms with Crippen molar-refractivity contribution >= 4 is 5.97 Å². The molecule has 2 N–H and O–H groups in total. The van der Waals surface area contributed by atoms with Gasteiger partial charge >= 0.3 is 5.97 Å². The molecule has 1 rings (SSSR count). The van der Waals surface area contributed by atoms with Gasteiger partial charge in [-0.2, -0.15) is 5.10 Å². The lowest BCUT2D eigenvalue weighted by molar-refractivity contribution is 0.0685. The number of nitrogens with zero attached hydrogens (tertiary/aromatic N) is 1. The van der Waals surface area contributed by atoms with Crippen LogP contribution in [0.5, 0.6) is 0 Å². The van der Waals surface area contributed by atoms with Crippen LogP contribution >= 0.6 is 0 Å². The Morgan fingerprint density at radius 2 is 2.33 bits per heavy atom. The first kappa shape index (κ1) is 8.63. The summed E-state index contributed by atoms with van der Waals surface area (Å²) in [7, 11) is 0. The summed E-state index contributed by atoms with van der Waals surface area (Å²) in [6.07, 6.45) is -0.188. The Hall–Kier alpha value is -1.46. The molecular weight excluding hydrogens is 170 g/mol. The van der Waals surface area contributed by atoms with Gasteiger partial charge < -0.3 is 5.11 Å². The molecule has 0 unspecified atom stereocenters. The summed E-state index contributed by atoms with van der Waals surface area (Å²) in [6.45, 7) is -0.752. The average molecular weight is 176 g/mol. The van der Waals surface area contributed by atoms with Crippen LogP contribution in [0, 0.1) is 5.82 Å². The predicted molar refractivity (Wildman–Crippen MR) is 35.2 cm³/mol. The van der Waals surface area contributed by atoms with Gasteiger partial charge in [0.15, 0.2) is 5.82 Å². The Labute approximate surface area is 66.2 Å². The number of carboxylic acid groups (broad SMARTS) is 1. The van der Waals surface area contributed by atoms with E-state index in [1.54, 1.807) is 0 Å². The van der Waals surface area contributed by atoms with Crippen molar-refractivity contribution in [3.63, 3.8) is 0 Å². The van der Waals surface area contributed by atoms with E-state index in [4.69, 9.17) is 5.11 Å². The molecule has 0 saturated heterocycles. The van der Waals surface area contributed by atoms with Crippen molar-refractivity contribution in [2.45, 2.75) is 6.42 Å². The van der Waals surface area contributed by atoms with Crippen LogP contribution in [0.3, 0.4) is 0 Å². The molecule has 6 heteroatoms. The molecule has 0 aliphatic heterocycles. The maximum Gasteiger partial charge on any atom is 0.359 e. The number of aromatic nitrogens is 2. The lowest BCUT2D eigenvalue weighted by atomic mass is 10.3. The number of aryl methyl sites for hydroxylation is 1. The minimum absolute atomic E-state index is 0.116. The fraction of sp³-hybridized carbons (Fsp3) is 0.333. The Bertz CT molecular complexity index is 298. The van der Waals surface area contributed by atoms with Crippen molar-refractivity contribution in [3.05, 3.63) is 17.2 Å². The molecule has 0 aromatic carbocycles. The molecule has 4 nitrogen and oxygen atoms in total. The zero-order valence-corrected chi connectivity index (χ0v) is 5.97. The number of carbonyl (C=O) groups is 1. The second kappa shape index (κ2) is 3.29. The van der Waals surface area contributed by atoms with E-state index in [0.29, 0.717) is 0 Å². The first-order chi connectivity index (χ1) is 5.66. The molecule has 0 radical (unpaired) electrons. The molecule has 0 atom stereocenters. The largest absolute Gasteiger partial charge is 0.476 e. The number of alkyl halides is 1. The van der Waals surface area contributed by atoms with Crippen molar-refractivity contribution in [1.82, 2.24) is 10.2 Å². The van der Waals surface area contributed by atoms with Crippen LogP contribution in [0.1, 0.15) is 16.2 Å². The Morgan fingerprint density at radius 1 is 1.67 bits per heavy atom. The zero-order valence-electron chi connectivity index (χ0n) is 5.97. The van der Waals surface area contributed by atoms with Gasteiger partial charge in [0.05, 0.1) is 12.4 Å². The Morgan fingerprint density at radius 3 is 2.75 bits per heavy atom. The van der Waals surface area contributed by atoms with Gasteiger partial charge in [0.25, 0.3) is 0 Å². The summed E-state index contributed by atoms with van der Waals surface area (Å²) >= 11 is 0. The molecular formula is C6H6F2N2O2. The number of hydrogen-bond acceptors (Lipinski definition) is 2. The topological polar surface area (TPSA) is 66.0 Å². The zero-order chi connectivity index (χ0) is 9.14. The molecule has 66 valence electrons. The van der Waals surface area contributed by atoms with Crippen LogP contribution < -0.4 is 0 Å². The highest BCUT2D eigenvalue weighted by atomic mass is 19.1. The molecule has 0 amide bonds. The molecule has 0 fully saturated rings. The molecule has 1 aromatic heterocycles. The lowest BCUT2D eigenvalue weighted by Crippen LogP contribution is -2.00. The maximum absolute atomic E-state index is 12.8. The van der Waals surface area contributed by atoms with E-state index in [1.165, 1.54) is 0 Å². The number of aromatic amines is 1. The fourth-order valence-corrected chi connectivity index (χ4v) is 0.766. The highest BCUT2D eigenvalue weighted by Gasteiger charge is 2.17. The van der Waals surface area contributed by atoms with Crippen molar-refractivity contribution < 1.29 is 18.7 Å². The van der Waals surface area contributed by atoms with E-state index in [1.807, 2.05) is 0 Å². The highest BCUT2D eigenvalue weighted by molar-refractivity contribution is 5.85. The van der Waals surface area contributed by atoms with Gasteiger partial charge in [0.1, 0.15) is 0 Å². The molecule has 0 saturated carbocycles. The van der Waals surface area contributed by atoms with Crippen LogP contribution in [0.15, 0.2) is 0 Å². The van der Waals surface area contributed by atoms with Crippen LogP contribution in [0.4, 0.5) is 8.78 Å². The van der Waals surface area contributed by atoms with E-state index >= 15 is 0 Å². The molecule has 0 spiro atoms. The predicted octanol–water partition coefficient (Wildman–Crippen LogP) is 0.759.